The molecule has 0 bridgehead atoms. The number of amides is 3. The summed E-state index contributed by atoms with van der Waals surface area (Å²) in [4.78, 5) is 28.4. The molecule has 7 nitrogen and oxygen atoms in total. The molecule has 2 heterocycles. The van der Waals surface area contributed by atoms with E-state index in [9.17, 15) is 9.59 Å². The zero-order valence-corrected chi connectivity index (χ0v) is 18.0. The van der Waals surface area contributed by atoms with E-state index in [1.807, 2.05) is 26.0 Å². The number of aryl methyl sites for hydroxylation is 2. The summed E-state index contributed by atoms with van der Waals surface area (Å²) in [5.74, 6) is 0.701. The Bertz CT molecular complexity index is 852. The van der Waals surface area contributed by atoms with E-state index in [2.05, 4.69) is 10.5 Å². The summed E-state index contributed by atoms with van der Waals surface area (Å²) in [6.07, 6.45) is 0.914. The van der Waals surface area contributed by atoms with Gasteiger partial charge in [-0.05, 0) is 44.0 Å². The average molecular weight is 439 g/mol. The van der Waals surface area contributed by atoms with E-state index in [4.69, 9.17) is 27.7 Å². The van der Waals surface area contributed by atoms with Crippen molar-refractivity contribution in [3.05, 3.63) is 50.8 Å². The Morgan fingerprint density at radius 1 is 1.07 bits per heavy atom. The summed E-state index contributed by atoms with van der Waals surface area (Å²) in [6.45, 7) is 6.16. The lowest BCUT2D eigenvalue weighted by atomic mass is 10.1. The van der Waals surface area contributed by atoms with Crippen LogP contribution in [0.3, 0.4) is 0 Å². The number of hydrogen-bond acceptors (Lipinski definition) is 4. The van der Waals surface area contributed by atoms with Crippen molar-refractivity contribution in [2.45, 2.75) is 26.7 Å². The second-order valence-electron chi connectivity index (χ2n) is 7.11. The van der Waals surface area contributed by atoms with Crippen molar-refractivity contribution in [2.24, 2.45) is 0 Å². The molecule has 0 radical (unpaired) electrons. The summed E-state index contributed by atoms with van der Waals surface area (Å²) < 4.78 is 5.12. The molecule has 0 aliphatic carbocycles. The number of piperazine rings is 1. The van der Waals surface area contributed by atoms with Gasteiger partial charge in [0.05, 0.1) is 12.1 Å². The average Bonchev–Trinajstić information content (AvgIpc) is 2.99. The summed E-state index contributed by atoms with van der Waals surface area (Å²) >= 11 is 12.0. The molecule has 3 amide bonds. The second-order valence-corrected chi connectivity index (χ2v) is 7.98. The Morgan fingerprint density at radius 3 is 2.28 bits per heavy atom. The van der Waals surface area contributed by atoms with Gasteiger partial charge in [0.25, 0.3) is 0 Å². The number of carbonyl (C=O) groups is 2. The quantitative estimate of drug-likeness (QED) is 0.776. The number of nitrogens with one attached hydrogen (secondary N) is 1. The maximum Gasteiger partial charge on any atom is 0.317 e. The third-order valence-corrected chi connectivity index (χ3v) is 5.48. The molecule has 0 saturated carbocycles. The number of hydrogen-bond donors (Lipinski definition) is 1. The highest BCUT2D eigenvalue weighted by Crippen LogP contribution is 2.19. The van der Waals surface area contributed by atoms with Gasteiger partial charge in [-0.2, -0.15) is 0 Å². The van der Waals surface area contributed by atoms with E-state index >= 15 is 0 Å². The number of nitrogens with zero attached hydrogens (tertiary/aromatic N) is 3. The molecule has 1 aromatic carbocycles. The SMILES string of the molecule is Cc1noc(C)c1CC(=O)N1CCN(C(=O)NCCc2cc(Cl)cc(Cl)c2)CC1. The molecule has 0 spiro atoms. The smallest absolute Gasteiger partial charge is 0.317 e. The lowest BCUT2D eigenvalue weighted by Gasteiger charge is -2.34. The third kappa shape index (κ3) is 5.64. The highest BCUT2D eigenvalue weighted by molar-refractivity contribution is 6.34. The molecule has 0 unspecified atom stereocenters. The zero-order chi connectivity index (χ0) is 21.0. The lowest BCUT2D eigenvalue weighted by Crippen LogP contribution is -2.53. The molecule has 0 atom stereocenters. The van der Waals surface area contributed by atoms with Gasteiger partial charge < -0.3 is 19.6 Å². The van der Waals surface area contributed by atoms with Crippen LogP contribution in [0.5, 0.6) is 0 Å². The molecule has 1 aliphatic rings. The third-order valence-electron chi connectivity index (χ3n) is 5.04. The van der Waals surface area contributed by atoms with E-state index < -0.39 is 0 Å². The van der Waals surface area contributed by atoms with Crippen LogP contribution in [0.2, 0.25) is 10.0 Å². The minimum absolute atomic E-state index is 0.0253. The molecule has 1 fully saturated rings. The monoisotopic (exact) mass is 438 g/mol. The van der Waals surface area contributed by atoms with Gasteiger partial charge in [-0.3, -0.25) is 4.79 Å². The zero-order valence-electron chi connectivity index (χ0n) is 16.5. The van der Waals surface area contributed by atoms with Crippen LogP contribution in [0.25, 0.3) is 0 Å². The lowest BCUT2D eigenvalue weighted by molar-refractivity contribution is -0.131. The Balaban J connectivity index is 1.42. The number of aromatic nitrogens is 1. The second kappa shape index (κ2) is 9.50. The van der Waals surface area contributed by atoms with Crippen LogP contribution >= 0.6 is 23.2 Å². The van der Waals surface area contributed by atoms with Crippen molar-refractivity contribution in [1.82, 2.24) is 20.3 Å². The van der Waals surface area contributed by atoms with Gasteiger partial charge in [-0.15, -0.1) is 0 Å². The Morgan fingerprint density at radius 2 is 1.69 bits per heavy atom. The summed E-state index contributed by atoms with van der Waals surface area (Å²) in [6, 6.07) is 5.22. The molecular weight excluding hydrogens is 415 g/mol. The van der Waals surface area contributed by atoms with E-state index in [-0.39, 0.29) is 18.4 Å². The first kappa shape index (κ1) is 21.5. The number of benzene rings is 1. The maximum atomic E-state index is 12.5. The van der Waals surface area contributed by atoms with Gasteiger partial charge in [0.2, 0.25) is 5.91 Å². The fraction of sp³-hybridized carbons (Fsp3) is 0.450. The van der Waals surface area contributed by atoms with Crippen LogP contribution in [-0.2, 0) is 17.6 Å². The first-order chi connectivity index (χ1) is 13.8. The standard InChI is InChI=1S/C20H24Cl2N4O3/c1-13-18(14(2)29-24-13)12-19(27)25-5-7-26(8-6-25)20(28)23-4-3-15-9-16(21)11-17(22)10-15/h9-11H,3-8,12H2,1-2H3,(H,23,28). The molecule has 9 heteroatoms. The molecule has 1 N–H and O–H groups in total. The summed E-state index contributed by atoms with van der Waals surface area (Å²) in [5, 5.41) is 7.96. The van der Waals surface area contributed by atoms with Crippen LogP contribution in [0.1, 0.15) is 22.6 Å². The van der Waals surface area contributed by atoms with Crippen LogP contribution in [0, 0.1) is 13.8 Å². The molecule has 3 rings (SSSR count). The van der Waals surface area contributed by atoms with Crippen LogP contribution < -0.4 is 5.32 Å². The first-order valence-corrected chi connectivity index (χ1v) is 10.3. The van der Waals surface area contributed by atoms with Gasteiger partial charge in [0.1, 0.15) is 5.76 Å². The van der Waals surface area contributed by atoms with Gasteiger partial charge in [0.15, 0.2) is 0 Å². The summed E-state index contributed by atoms with van der Waals surface area (Å²) in [5.41, 5.74) is 2.56. The Hall–Kier alpha value is -2.25. The normalized spacial score (nSPS) is 14.2. The van der Waals surface area contributed by atoms with Crippen LogP contribution in [0.4, 0.5) is 4.79 Å². The topological polar surface area (TPSA) is 78.7 Å². The predicted octanol–water partition coefficient (Wildman–Crippen LogP) is 3.24. The molecule has 1 saturated heterocycles. The minimum atomic E-state index is -0.129. The fourth-order valence-corrected chi connectivity index (χ4v) is 3.93. The molecule has 1 aromatic heterocycles. The van der Waals surface area contributed by atoms with E-state index in [0.29, 0.717) is 55.0 Å². The van der Waals surface area contributed by atoms with Gasteiger partial charge >= 0.3 is 6.03 Å². The van der Waals surface area contributed by atoms with Crippen molar-refractivity contribution < 1.29 is 14.1 Å². The number of carbonyl (C=O) groups excluding carboxylic acids is 2. The molecule has 29 heavy (non-hydrogen) atoms. The largest absolute Gasteiger partial charge is 0.361 e. The van der Waals surface area contributed by atoms with Crippen molar-refractivity contribution >= 4 is 35.1 Å². The van der Waals surface area contributed by atoms with Gasteiger partial charge in [-0.1, -0.05) is 28.4 Å². The van der Waals surface area contributed by atoms with Gasteiger partial charge in [-0.25, -0.2) is 4.79 Å². The molecule has 2 aromatic rings. The van der Waals surface area contributed by atoms with E-state index in [0.717, 1.165) is 16.8 Å². The predicted molar refractivity (Wildman–Crippen MR) is 111 cm³/mol. The van der Waals surface area contributed by atoms with E-state index in [1.165, 1.54) is 0 Å². The number of urea groups is 1. The first-order valence-electron chi connectivity index (χ1n) is 9.50. The number of rotatable bonds is 5. The van der Waals surface area contributed by atoms with Crippen LogP contribution in [0.15, 0.2) is 22.7 Å². The Labute approximate surface area is 179 Å². The molecule has 1 aliphatic heterocycles. The van der Waals surface area contributed by atoms with Gasteiger partial charge in [0, 0.05) is 48.3 Å². The molecular formula is C20H24Cl2N4O3. The fourth-order valence-electron chi connectivity index (χ4n) is 3.36. The number of halogens is 2. The van der Waals surface area contributed by atoms with Crippen molar-refractivity contribution in [3.8, 4) is 0 Å². The highest BCUT2D eigenvalue weighted by atomic mass is 35.5. The maximum absolute atomic E-state index is 12.5. The minimum Gasteiger partial charge on any atom is -0.361 e. The van der Waals surface area contributed by atoms with E-state index in [1.54, 1.807) is 15.9 Å². The Kier molecular flexibility index (Phi) is 7.03. The highest BCUT2D eigenvalue weighted by Gasteiger charge is 2.25. The van der Waals surface area contributed by atoms with Crippen molar-refractivity contribution in [1.29, 1.82) is 0 Å². The van der Waals surface area contributed by atoms with Crippen LogP contribution in [-0.4, -0.2) is 59.6 Å². The van der Waals surface area contributed by atoms with Crippen molar-refractivity contribution in [2.75, 3.05) is 32.7 Å². The molecule has 156 valence electrons. The van der Waals surface area contributed by atoms with Crippen molar-refractivity contribution in [3.63, 3.8) is 0 Å². The summed E-state index contributed by atoms with van der Waals surface area (Å²) in [7, 11) is 0.